The maximum atomic E-state index is 12.5. The minimum absolute atomic E-state index is 0.0510. The molecule has 5 nitrogen and oxygen atoms in total. The summed E-state index contributed by atoms with van der Waals surface area (Å²) in [7, 11) is 1.57. The number of carbonyl (C=O) groups is 1. The third kappa shape index (κ3) is 3.69. The van der Waals surface area contributed by atoms with Gasteiger partial charge in [0.25, 0.3) is 5.91 Å². The number of rotatable bonds is 3. The van der Waals surface area contributed by atoms with Crippen LogP contribution in [0.1, 0.15) is 24.3 Å². The lowest BCUT2D eigenvalue weighted by Gasteiger charge is -2.32. The van der Waals surface area contributed by atoms with Crippen molar-refractivity contribution in [1.29, 1.82) is 0 Å². The number of aromatic nitrogens is 2. The highest BCUT2D eigenvalue weighted by Crippen LogP contribution is 2.28. The van der Waals surface area contributed by atoms with Gasteiger partial charge in [-0.15, -0.1) is 0 Å². The van der Waals surface area contributed by atoms with Crippen molar-refractivity contribution in [2.45, 2.75) is 31.7 Å². The molecule has 19 heavy (non-hydrogen) atoms. The van der Waals surface area contributed by atoms with E-state index < -0.39 is 23.7 Å². The number of aliphatic hydroxyl groups excluding tert-OH is 1. The van der Waals surface area contributed by atoms with E-state index >= 15 is 0 Å². The third-order valence-corrected chi connectivity index (χ3v) is 3.01. The second kappa shape index (κ2) is 5.12. The van der Waals surface area contributed by atoms with Crippen LogP contribution < -0.4 is 5.32 Å². The van der Waals surface area contributed by atoms with Gasteiger partial charge < -0.3 is 10.4 Å². The highest BCUT2D eigenvalue weighted by Gasteiger charge is 2.48. The number of alkyl halides is 3. The summed E-state index contributed by atoms with van der Waals surface area (Å²) in [5.74, 6) is -0.805. The van der Waals surface area contributed by atoms with Gasteiger partial charge in [0.2, 0.25) is 0 Å². The molecule has 1 aromatic heterocycles. The monoisotopic (exact) mass is 343 g/mol. The lowest BCUT2D eigenvalue weighted by Crippen LogP contribution is -2.57. The van der Waals surface area contributed by atoms with Crippen LogP contribution in [-0.4, -0.2) is 38.6 Å². The van der Waals surface area contributed by atoms with Gasteiger partial charge in [0.05, 0.1) is 10.0 Å². The molecule has 9 heteroatoms. The first kappa shape index (κ1) is 16.0. The molecule has 1 heterocycles. The predicted octanol–water partition coefficient (Wildman–Crippen LogP) is 1.61. The van der Waals surface area contributed by atoms with E-state index in [1.54, 1.807) is 7.05 Å². The first-order valence-corrected chi connectivity index (χ1v) is 6.01. The second-order valence-electron chi connectivity index (χ2n) is 4.62. The van der Waals surface area contributed by atoms with Crippen LogP contribution in [0.25, 0.3) is 0 Å². The normalized spacial score (nSPS) is 14.3. The Balaban J connectivity index is 2.90. The number of carbonyl (C=O) groups excluding carboxylic acids is 1. The van der Waals surface area contributed by atoms with Crippen molar-refractivity contribution >= 4 is 21.8 Å². The third-order valence-electron chi connectivity index (χ3n) is 2.43. The summed E-state index contributed by atoms with van der Waals surface area (Å²) in [5.41, 5.74) is -1.92. The number of hydrogen-bond acceptors (Lipinski definition) is 3. The Labute approximate surface area is 115 Å². The van der Waals surface area contributed by atoms with Crippen molar-refractivity contribution in [3.63, 3.8) is 0 Å². The fourth-order valence-electron chi connectivity index (χ4n) is 1.44. The van der Waals surface area contributed by atoms with Crippen LogP contribution in [0.3, 0.4) is 0 Å². The molecule has 0 aliphatic rings. The van der Waals surface area contributed by atoms with E-state index in [2.05, 4.69) is 26.3 Å². The van der Waals surface area contributed by atoms with Gasteiger partial charge in [-0.1, -0.05) is 0 Å². The van der Waals surface area contributed by atoms with Crippen LogP contribution in [-0.2, 0) is 7.05 Å². The molecule has 0 aliphatic heterocycles. The molecule has 1 unspecified atom stereocenters. The zero-order valence-electron chi connectivity index (χ0n) is 10.4. The molecule has 1 atom stereocenters. The highest BCUT2D eigenvalue weighted by atomic mass is 79.9. The summed E-state index contributed by atoms with van der Waals surface area (Å²) < 4.78 is 39.0. The molecule has 108 valence electrons. The van der Waals surface area contributed by atoms with Crippen molar-refractivity contribution in [3.8, 4) is 0 Å². The fraction of sp³-hybridized carbons (Fsp3) is 0.600. The van der Waals surface area contributed by atoms with Crippen LogP contribution in [0.4, 0.5) is 13.2 Å². The summed E-state index contributed by atoms with van der Waals surface area (Å²) in [5, 5.41) is 15.1. The van der Waals surface area contributed by atoms with Gasteiger partial charge in [-0.25, -0.2) is 0 Å². The molecule has 0 bridgehead atoms. The Morgan fingerprint density at radius 1 is 1.53 bits per heavy atom. The zero-order chi connectivity index (χ0) is 15.0. The van der Waals surface area contributed by atoms with Gasteiger partial charge in [-0.3, -0.25) is 9.48 Å². The molecule has 0 fully saturated rings. The Kier molecular flexibility index (Phi) is 4.30. The molecule has 2 N–H and O–H groups in total. The molecule has 0 spiro atoms. The van der Waals surface area contributed by atoms with Crippen molar-refractivity contribution in [2.24, 2.45) is 7.05 Å². The highest BCUT2D eigenvalue weighted by molar-refractivity contribution is 9.10. The van der Waals surface area contributed by atoms with Crippen LogP contribution >= 0.6 is 15.9 Å². The van der Waals surface area contributed by atoms with E-state index in [-0.39, 0.29) is 5.69 Å². The average molecular weight is 344 g/mol. The largest absolute Gasteiger partial charge is 0.416 e. The summed E-state index contributed by atoms with van der Waals surface area (Å²) in [6.45, 7) is 2.17. The Morgan fingerprint density at radius 3 is 2.42 bits per heavy atom. The Bertz CT molecular complexity index is 485. The van der Waals surface area contributed by atoms with Crippen molar-refractivity contribution in [3.05, 3.63) is 16.4 Å². The van der Waals surface area contributed by atoms with E-state index in [9.17, 15) is 23.1 Å². The molecule has 0 saturated carbocycles. The topological polar surface area (TPSA) is 67.2 Å². The molecule has 1 aromatic rings. The lowest BCUT2D eigenvalue weighted by molar-refractivity contribution is -0.222. The quantitative estimate of drug-likeness (QED) is 0.876. The molecular weight excluding hydrogens is 331 g/mol. The van der Waals surface area contributed by atoms with Crippen molar-refractivity contribution in [1.82, 2.24) is 15.1 Å². The van der Waals surface area contributed by atoms with Crippen molar-refractivity contribution in [2.75, 3.05) is 0 Å². The second-order valence-corrected chi connectivity index (χ2v) is 5.47. The fourth-order valence-corrected chi connectivity index (χ4v) is 2.00. The van der Waals surface area contributed by atoms with Gasteiger partial charge in [-0.05, 0) is 29.8 Å². The molecule has 0 radical (unpaired) electrons. The predicted molar refractivity (Wildman–Crippen MR) is 64.5 cm³/mol. The summed E-state index contributed by atoms with van der Waals surface area (Å²) in [4.78, 5) is 11.8. The van der Waals surface area contributed by atoms with E-state index in [0.29, 0.717) is 4.47 Å². The molecule has 1 rings (SSSR count). The molecule has 0 aliphatic carbocycles. The van der Waals surface area contributed by atoms with Gasteiger partial charge in [0.15, 0.2) is 11.8 Å². The van der Waals surface area contributed by atoms with Gasteiger partial charge >= 0.3 is 6.18 Å². The minimum atomic E-state index is -4.82. The standard InChI is InChI=1S/C10H13BrF3N3O2/c1-9(2,8(19)10(12,13)14)15-7(18)6-5(11)4-17(3)16-6/h4,8,19H,1-3H3,(H,15,18). The Hall–Kier alpha value is -1.09. The molecule has 1 amide bonds. The van der Waals surface area contributed by atoms with Gasteiger partial charge in [0, 0.05) is 13.2 Å². The molecular formula is C10H13BrF3N3O2. The first-order valence-electron chi connectivity index (χ1n) is 5.21. The number of amides is 1. The van der Waals surface area contributed by atoms with E-state index in [1.807, 2.05) is 0 Å². The Morgan fingerprint density at radius 2 is 2.05 bits per heavy atom. The van der Waals surface area contributed by atoms with Crippen LogP contribution in [0.15, 0.2) is 10.7 Å². The minimum Gasteiger partial charge on any atom is -0.382 e. The zero-order valence-corrected chi connectivity index (χ0v) is 12.0. The van der Waals surface area contributed by atoms with Crippen molar-refractivity contribution < 1.29 is 23.1 Å². The first-order chi connectivity index (χ1) is 8.45. The van der Waals surface area contributed by atoms with E-state index in [0.717, 1.165) is 13.8 Å². The number of nitrogens with zero attached hydrogens (tertiary/aromatic N) is 2. The average Bonchev–Trinajstić information content (AvgIpc) is 2.54. The summed E-state index contributed by atoms with van der Waals surface area (Å²) in [6.07, 6.45) is -6.01. The number of nitrogens with one attached hydrogen (secondary N) is 1. The van der Waals surface area contributed by atoms with Gasteiger partial charge in [0.1, 0.15) is 0 Å². The maximum Gasteiger partial charge on any atom is 0.416 e. The molecule has 0 saturated heterocycles. The van der Waals surface area contributed by atoms with E-state index in [1.165, 1.54) is 10.9 Å². The summed E-state index contributed by atoms with van der Waals surface area (Å²) >= 11 is 3.07. The number of halogens is 4. The van der Waals surface area contributed by atoms with Crippen LogP contribution in [0.5, 0.6) is 0 Å². The molecule has 0 aromatic carbocycles. The number of aliphatic hydroxyl groups is 1. The van der Waals surface area contributed by atoms with Gasteiger partial charge in [-0.2, -0.15) is 18.3 Å². The summed E-state index contributed by atoms with van der Waals surface area (Å²) in [6, 6.07) is 0. The maximum absolute atomic E-state index is 12.5. The smallest absolute Gasteiger partial charge is 0.382 e. The number of aryl methyl sites for hydroxylation is 1. The number of hydrogen-bond donors (Lipinski definition) is 2. The van der Waals surface area contributed by atoms with E-state index in [4.69, 9.17) is 0 Å². The van der Waals surface area contributed by atoms with Crippen LogP contribution in [0.2, 0.25) is 0 Å². The SMILES string of the molecule is Cn1cc(Br)c(C(=O)NC(C)(C)C(O)C(F)(F)F)n1. The lowest BCUT2D eigenvalue weighted by atomic mass is 9.96. The van der Waals surface area contributed by atoms with Crippen LogP contribution in [0, 0.1) is 0 Å².